The molecule has 2 amide bonds. The van der Waals surface area contributed by atoms with Crippen molar-refractivity contribution < 1.29 is 24.2 Å². The summed E-state index contributed by atoms with van der Waals surface area (Å²) < 4.78 is 14.4. The van der Waals surface area contributed by atoms with Crippen LogP contribution in [0.5, 0.6) is 5.75 Å². The molecule has 3 atom stereocenters. The van der Waals surface area contributed by atoms with Crippen LogP contribution in [0.15, 0.2) is 29.1 Å². The number of aliphatic hydroxyl groups excluding tert-OH is 1. The number of hydrogen-bond acceptors (Lipinski definition) is 7. The predicted octanol–water partition coefficient (Wildman–Crippen LogP) is 0.413. The molecular formula is C23H28FN5O5. The van der Waals surface area contributed by atoms with Gasteiger partial charge in [0.1, 0.15) is 11.6 Å². The highest BCUT2D eigenvalue weighted by Gasteiger charge is 2.47. The molecule has 2 heterocycles. The minimum absolute atomic E-state index is 0.0418. The molecule has 1 aromatic heterocycles. The molecule has 4 N–H and O–H groups in total. The third kappa shape index (κ3) is 4.40. The average Bonchev–Trinajstić information content (AvgIpc) is 2.80. The topological polar surface area (TPSA) is 137 Å². The predicted molar refractivity (Wildman–Crippen MR) is 119 cm³/mol. The van der Waals surface area contributed by atoms with Crippen molar-refractivity contribution in [3.63, 3.8) is 0 Å². The van der Waals surface area contributed by atoms with Crippen LogP contribution in [0, 0.1) is 11.7 Å². The van der Waals surface area contributed by atoms with E-state index < -0.39 is 46.4 Å². The van der Waals surface area contributed by atoms with Crippen molar-refractivity contribution in [2.24, 2.45) is 5.92 Å². The van der Waals surface area contributed by atoms with Crippen molar-refractivity contribution in [1.82, 2.24) is 25.1 Å². The highest BCUT2D eigenvalue weighted by Crippen LogP contribution is 2.43. The van der Waals surface area contributed by atoms with E-state index in [2.05, 4.69) is 15.6 Å². The number of amides is 2. The van der Waals surface area contributed by atoms with Crippen molar-refractivity contribution >= 4 is 11.8 Å². The monoisotopic (exact) mass is 473 g/mol. The largest absolute Gasteiger partial charge is 0.501 e. The molecule has 2 aromatic rings. The van der Waals surface area contributed by atoms with Crippen LogP contribution < -0.4 is 16.2 Å². The lowest BCUT2D eigenvalue weighted by atomic mass is 9.72. The summed E-state index contributed by atoms with van der Waals surface area (Å²) in [5.74, 6) is -2.18. The molecule has 4 rings (SSSR count). The van der Waals surface area contributed by atoms with E-state index in [-0.39, 0.29) is 18.3 Å². The first kappa shape index (κ1) is 23.8. The van der Waals surface area contributed by atoms with Crippen LogP contribution in [0.2, 0.25) is 0 Å². The van der Waals surface area contributed by atoms with Crippen molar-refractivity contribution in [3.8, 4) is 5.75 Å². The van der Waals surface area contributed by atoms with Gasteiger partial charge < -0.3 is 20.4 Å². The van der Waals surface area contributed by atoms with E-state index in [0.29, 0.717) is 24.9 Å². The maximum absolute atomic E-state index is 13.1. The third-order valence-electron chi connectivity index (χ3n) is 6.54. The van der Waals surface area contributed by atoms with Gasteiger partial charge in [-0.3, -0.25) is 24.3 Å². The van der Waals surface area contributed by atoms with E-state index >= 15 is 0 Å². The molecule has 1 saturated carbocycles. The van der Waals surface area contributed by atoms with E-state index in [9.17, 15) is 29.0 Å². The molecular weight excluding hydrogens is 445 g/mol. The van der Waals surface area contributed by atoms with Gasteiger partial charge in [-0.2, -0.15) is 0 Å². The van der Waals surface area contributed by atoms with Gasteiger partial charge in [-0.05, 0) is 42.9 Å². The van der Waals surface area contributed by atoms with E-state index in [1.54, 1.807) is 0 Å². The first-order chi connectivity index (χ1) is 16.1. The number of carbonyl (C=O) groups is 2. The fourth-order valence-electron chi connectivity index (χ4n) is 4.88. The molecule has 0 spiro atoms. The molecule has 10 nitrogen and oxygen atoms in total. The van der Waals surface area contributed by atoms with Gasteiger partial charge in [-0.15, -0.1) is 0 Å². The summed E-state index contributed by atoms with van der Waals surface area (Å²) in [6.07, 6.45) is 1.13. The van der Waals surface area contributed by atoms with E-state index in [1.807, 2.05) is 0 Å². The number of hydrogen-bond donors (Lipinski definition) is 4. The highest BCUT2D eigenvalue weighted by molar-refractivity contribution is 5.94. The van der Waals surface area contributed by atoms with E-state index in [1.165, 1.54) is 47.8 Å². The molecule has 1 aromatic carbocycles. The number of rotatable bonds is 6. The summed E-state index contributed by atoms with van der Waals surface area (Å²) in [5.41, 5.74) is -1.56. The summed E-state index contributed by atoms with van der Waals surface area (Å²) in [6.45, 7) is 0.369. The van der Waals surface area contributed by atoms with Gasteiger partial charge in [0.05, 0.1) is 5.54 Å². The van der Waals surface area contributed by atoms with Gasteiger partial charge in [-0.1, -0.05) is 18.6 Å². The number of halogens is 1. The standard InChI is InChI=1S/C23H28FN5O5/c1-28(2)21(34)19(32)27-23-9-3-4-14(10-23)12-29-20(33)17(30)16(26-22(23)29)18(31)25-11-13-5-7-15(24)8-6-13/h5-8,14,19,27,30,32H,3-4,9-12H2,1-2H3,(H,25,31). The van der Waals surface area contributed by atoms with Crippen LogP contribution in [0.4, 0.5) is 4.39 Å². The normalized spacial score (nSPS) is 21.9. The zero-order valence-electron chi connectivity index (χ0n) is 19.0. The average molecular weight is 474 g/mol. The molecule has 0 radical (unpaired) electrons. The lowest BCUT2D eigenvalue weighted by Crippen LogP contribution is -2.60. The van der Waals surface area contributed by atoms with Crippen molar-refractivity contribution in [3.05, 3.63) is 57.5 Å². The third-order valence-corrected chi connectivity index (χ3v) is 6.54. The Morgan fingerprint density at radius 2 is 2.03 bits per heavy atom. The van der Waals surface area contributed by atoms with Gasteiger partial charge in [0, 0.05) is 27.2 Å². The molecule has 0 saturated heterocycles. The second-order valence-corrected chi connectivity index (χ2v) is 9.18. The number of carbonyl (C=O) groups excluding carboxylic acids is 2. The number of aromatic hydroxyl groups is 1. The Labute approximate surface area is 195 Å². The smallest absolute Gasteiger partial charge is 0.296 e. The van der Waals surface area contributed by atoms with Gasteiger partial charge >= 0.3 is 0 Å². The molecule has 182 valence electrons. The summed E-state index contributed by atoms with van der Waals surface area (Å²) in [6, 6.07) is 5.54. The van der Waals surface area contributed by atoms with Crippen molar-refractivity contribution in [2.75, 3.05) is 14.1 Å². The minimum atomic E-state index is -1.53. The summed E-state index contributed by atoms with van der Waals surface area (Å²) in [5, 5.41) is 26.6. The molecule has 34 heavy (non-hydrogen) atoms. The first-order valence-electron chi connectivity index (χ1n) is 11.1. The fourth-order valence-corrected chi connectivity index (χ4v) is 4.88. The molecule has 11 heteroatoms. The number of likely N-dealkylation sites (N-methyl/N-ethyl adjacent to an activating group) is 1. The second-order valence-electron chi connectivity index (χ2n) is 9.18. The van der Waals surface area contributed by atoms with Crippen LogP contribution in [0.1, 0.15) is 47.6 Å². The maximum atomic E-state index is 13.1. The Morgan fingerprint density at radius 1 is 1.32 bits per heavy atom. The Balaban J connectivity index is 1.68. The number of aromatic nitrogens is 2. The second kappa shape index (κ2) is 9.15. The zero-order chi connectivity index (χ0) is 24.6. The number of benzene rings is 1. The SMILES string of the molecule is CN(C)C(=O)C(O)NC12CCCC(Cn3c1nc(C(=O)NCc1ccc(F)cc1)c(O)c3=O)C2. The maximum Gasteiger partial charge on any atom is 0.296 e. The lowest BCUT2D eigenvalue weighted by molar-refractivity contribution is -0.141. The van der Waals surface area contributed by atoms with E-state index in [0.717, 1.165) is 12.8 Å². The lowest BCUT2D eigenvalue weighted by Gasteiger charge is -2.47. The molecule has 1 aliphatic heterocycles. The molecule has 2 aliphatic rings. The molecule has 1 aliphatic carbocycles. The van der Waals surface area contributed by atoms with Crippen molar-refractivity contribution in [2.45, 2.75) is 50.5 Å². The summed E-state index contributed by atoms with van der Waals surface area (Å²) in [7, 11) is 3.04. The van der Waals surface area contributed by atoms with E-state index in [4.69, 9.17) is 0 Å². The molecule has 2 bridgehead atoms. The zero-order valence-corrected chi connectivity index (χ0v) is 19.0. The Morgan fingerprint density at radius 3 is 2.71 bits per heavy atom. The van der Waals surface area contributed by atoms with Crippen LogP contribution >= 0.6 is 0 Å². The first-order valence-corrected chi connectivity index (χ1v) is 11.1. The summed E-state index contributed by atoms with van der Waals surface area (Å²) in [4.78, 5) is 43.9. The van der Waals surface area contributed by atoms with Crippen LogP contribution in [0.25, 0.3) is 0 Å². The quantitative estimate of drug-likeness (QED) is 0.446. The number of fused-ring (bicyclic) bond motifs is 4. The Kier molecular flexibility index (Phi) is 6.41. The summed E-state index contributed by atoms with van der Waals surface area (Å²) >= 11 is 0. The van der Waals surface area contributed by atoms with Crippen LogP contribution in [-0.2, 0) is 23.4 Å². The Bertz CT molecular complexity index is 1170. The van der Waals surface area contributed by atoms with Crippen LogP contribution in [0.3, 0.4) is 0 Å². The highest BCUT2D eigenvalue weighted by atomic mass is 19.1. The number of nitrogens with zero attached hydrogens (tertiary/aromatic N) is 3. The number of aliphatic hydroxyl groups is 1. The van der Waals surface area contributed by atoms with Gasteiger partial charge in [0.25, 0.3) is 17.4 Å². The Hall–Kier alpha value is -3.31. The van der Waals surface area contributed by atoms with Gasteiger partial charge in [-0.25, -0.2) is 9.37 Å². The number of nitrogens with one attached hydrogen (secondary N) is 2. The van der Waals surface area contributed by atoms with Crippen molar-refractivity contribution in [1.29, 1.82) is 0 Å². The van der Waals surface area contributed by atoms with Crippen LogP contribution in [-0.4, -0.2) is 56.8 Å². The fraction of sp³-hybridized carbons (Fsp3) is 0.478. The molecule has 3 unspecified atom stereocenters. The molecule has 1 fully saturated rings. The van der Waals surface area contributed by atoms with Gasteiger partial charge in [0.15, 0.2) is 11.9 Å². The minimum Gasteiger partial charge on any atom is -0.501 e. The van der Waals surface area contributed by atoms with Gasteiger partial charge in [0.2, 0.25) is 5.75 Å².